The number of aromatic nitrogens is 5. The maximum Gasteiger partial charge on any atom is 0.243 e. The van der Waals surface area contributed by atoms with Gasteiger partial charge in [-0.3, -0.25) is 19.6 Å². The van der Waals surface area contributed by atoms with Crippen molar-refractivity contribution in [3.63, 3.8) is 0 Å². The lowest BCUT2D eigenvalue weighted by atomic mass is 9.96. The SMILES string of the molecule is COc1ccc(CC2CC(C(=O)NCc3ccc4c(c3)nnn4C)N(C(=O)C3CC(c4cnccn4)CN3)C2)cc1. The summed E-state index contributed by atoms with van der Waals surface area (Å²) in [5.41, 5.74) is 4.67. The number of carbonyl (C=O) groups is 2. The van der Waals surface area contributed by atoms with Gasteiger partial charge in [0.1, 0.15) is 17.3 Å². The molecule has 2 aromatic carbocycles. The van der Waals surface area contributed by atoms with Gasteiger partial charge in [-0.2, -0.15) is 0 Å². The molecular formula is C30H34N8O3. The van der Waals surface area contributed by atoms with E-state index >= 15 is 0 Å². The predicted octanol–water partition coefficient (Wildman–Crippen LogP) is 1.99. The normalized spacial score (nSPS) is 22.2. The van der Waals surface area contributed by atoms with E-state index in [0.717, 1.165) is 40.0 Å². The number of nitrogens with one attached hydrogen (secondary N) is 2. The van der Waals surface area contributed by atoms with Crippen LogP contribution in [0.5, 0.6) is 5.75 Å². The van der Waals surface area contributed by atoms with Crippen LogP contribution in [0.25, 0.3) is 11.0 Å². The quantitative estimate of drug-likeness (QED) is 0.339. The number of likely N-dealkylation sites (tertiary alicyclic amines) is 1. The van der Waals surface area contributed by atoms with Crippen LogP contribution in [-0.2, 0) is 29.6 Å². The Bertz CT molecular complexity index is 1520. The first kappa shape index (κ1) is 26.8. The number of carbonyl (C=O) groups excluding carboxylic acids is 2. The van der Waals surface area contributed by atoms with Crippen LogP contribution in [0.1, 0.15) is 35.6 Å². The van der Waals surface area contributed by atoms with Gasteiger partial charge in [0, 0.05) is 51.2 Å². The van der Waals surface area contributed by atoms with Gasteiger partial charge in [-0.25, -0.2) is 4.68 Å². The van der Waals surface area contributed by atoms with Gasteiger partial charge < -0.3 is 20.3 Å². The molecule has 11 heteroatoms. The van der Waals surface area contributed by atoms with Gasteiger partial charge in [-0.15, -0.1) is 5.10 Å². The third kappa shape index (κ3) is 5.76. The Morgan fingerprint density at radius 1 is 1.10 bits per heavy atom. The van der Waals surface area contributed by atoms with E-state index < -0.39 is 6.04 Å². The molecular weight excluding hydrogens is 520 g/mol. The molecule has 2 fully saturated rings. The van der Waals surface area contributed by atoms with Crippen molar-refractivity contribution in [2.24, 2.45) is 13.0 Å². The number of fused-ring (bicyclic) bond motifs is 1. The third-order valence-electron chi connectivity index (χ3n) is 8.23. The molecule has 0 saturated carbocycles. The third-order valence-corrected chi connectivity index (χ3v) is 8.23. The van der Waals surface area contributed by atoms with Crippen molar-refractivity contribution in [1.82, 2.24) is 40.5 Å². The van der Waals surface area contributed by atoms with Crippen molar-refractivity contribution in [2.75, 3.05) is 20.2 Å². The number of rotatable bonds is 8. The van der Waals surface area contributed by atoms with Gasteiger partial charge >= 0.3 is 0 Å². The summed E-state index contributed by atoms with van der Waals surface area (Å²) in [7, 11) is 3.50. The highest BCUT2D eigenvalue weighted by atomic mass is 16.5. The number of nitrogens with zero attached hydrogens (tertiary/aromatic N) is 6. The first-order valence-corrected chi connectivity index (χ1v) is 14.0. The standard InChI is InChI=1S/C30H34N8O3/c1-37-27-8-5-20(12-24(27)35-36-37)15-34-29(39)28-13-21(11-19-3-6-23(41-2)7-4-19)18-38(28)30(40)25-14-22(16-33-25)26-17-31-9-10-32-26/h3-10,12,17,21-22,25,28,33H,11,13-16,18H2,1-2H3,(H,34,39). The van der Waals surface area contributed by atoms with Gasteiger partial charge in [0.05, 0.1) is 24.4 Å². The number of aryl methyl sites for hydroxylation is 1. The molecule has 11 nitrogen and oxygen atoms in total. The van der Waals surface area contributed by atoms with Crippen molar-refractivity contribution >= 4 is 22.8 Å². The largest absolute Gasteiger partial charge is 0.497 e. The Hall–Kier alpha value is -4.38. The smallest absolute Gasteiger partial charge is 0.243 e. The highest BCUT2D eigenvalue weighted by molar-refractivity contribution is 5.90. The number of amides is 2. The molecule has 6 rings (SSSR count). The molecule has 2 N–H and O–H groups in total. The first-order valence-electron chi connectivity index (χ1n) is 14.0. The number of methoxy groups -OCH3 is 1. The summed E-state index contributed by atoms with van der Waals surface area (Å²) in [6.07, 6.45) is 7.10. The van der Waals surface area contributed by atoms with Gasteiger partial charge in [-0.1, -0.05) is 23.4 Å². The van der Waals surface area contributed by atoms with Crippen molar-refractivity contribution in [3.05, 3.63) is 77.9 Å². The molecule has 2 aliphatic rings. The summed E-state index contributed by atoms with van der Waals surface area (Å²) in [6, 6.07) is 12.9. The number of benzene rings is 2. The average molecular weight is 555 g/mol. The van der Waals surface area contributed by atoms with E-state index in [9.17, 15) is 9.59 Å². The summed E-state index contributed by atoms with van der Waals surface area (Å²) in [4.78, 5) is 37.8. The number of ether oxygens (including phenoxy) is 1. The molecule has 0 spiro atoms. The molecule has 0 aliphatic carbocycles. The van der Waals surface area contributed by atoms with E-state index in [0.29, 0.717) is 32.5 Å². The fraction of sp³-hybridized carbons (Fsp3) is 0.400. The van der Waals surface area contributed by atoms with Crippen LogP contribution in [0, 0.1) is 5.92 Å². The molecule has 0 radical (unpaired) electrons. The van der Waals surface area contributed by atoms with Gasteiger partial charge in [0.25, 0.3) is 0 Å². The second-order valence-corrected chi connectivity index (χ2v) is 10.9. The second kappa shape index (κ2) is 11.6. The molecule has 4 heterocycles. The van der Waals surface area contributed by atoms with E-state index in [1.165, 1.54) is 0 Å². The fourth-order valence-corrected chi connectivity index (χ4v) is 6.03. The monoisotopic (exact) mass is 554 g/mol. The maximum atomic E-state index is 13.9. The summed E-state index contributed by atoms with van der Waals surface area (Å²) < 4.78 is 7.01. The zero-order valence-electron chi connectivity index (χ0n) is 23.2. The number of hydrogen-bond donors (Lipinski definition) is 2. The van der Waals surface area contributed by atoms with E-state index in [-0.39, 0.29) is 29.7 Å². The lowest BCUT2D eigenvalue weighted by Crippen LogP contribution is -2.51. The van der Waals surface area contributed by atoms with Crippen LogP contribution in [0.2, 0.25) is 0 Å². The van der Waals surface area contributed by atoms with Gasteiger partial charge in [0.2, 0.25) is 11.8 Å². The summed E-state index contributed by atoms with van der Waals surface area (Å²) in [6.45, 7) is 1.53. The highest BCUT2D eigenvalue weighted by Crippen LogP contribution is 2.31. The highest BCUT2D eigenvalue weighted by Gasteiger charge is 2.43. The Morgan fingerprint density at radius 2 is 1.93 bits per heavy atom. The molecule has 212 valence electrons. The van der Waals surface area contributed by atoms with Gasteiger partial charge in [-0.05, 0) is 60.6 Å². The Labute approximate surface area is 238 Å². The minimum absolute atomic E-state index is 0.0326. The van der Waals surface area contributed by atoms with Crippen LogP contribution in [0.3, 0.4) is 0 Å². The van der Waals surface area contributed by atoms with Crippen molar-refractivity contribution in [2.45, 2.75) is 43.8 Å². The van der Waals surface area contributed by atoms with E-state index in [2.05, 4.69) is 30.9 Å². The molecule has 41 heavy (non-hydrogen) atoms. The molecule has 0 bridgehead atoms. The van der Waals surface area contributed by atoms with Crippen LogP contribution in [-0.4, -0.2) is 74.0 Å². The lowest BCUT2D eigenvalue weighted by molar-refractivity contribution is -0.139. The van der Waals surface area contributed by atoms with Crippen molar-refractivity contribution < 1.29 is 14.3 Å². The topological polar surface area (TPSA) is 127 Å². The molecule has 2 aliphatic heterocycles. The average Bonchev–Trinajstić information content (AvgIpc) is 3.76. The van der Waals surface area contributed by atoms with Gasteiger partial charge in [0.15, 0.2) is 0 Å². The lowest BCUT2D eigenvalue weighted by Gasteiger charge is -2.27. The Balaban J connectivity index is 1.16. The van der Waals surface area contributed by atoms with Crippen LogP contribution in [0.4, 0.5) is 0 Å². The van der Waals surface area contributed by atoms with Crippen molar-refractivity contribution in [3.8, 4) is 5.75 Å². The van der Waals surface area contributed by atoms with Crippen LogP contribution in [0.15, 0.2) is 61.1 Å². The summed E-state index contributed by atoms with van der Waals surface area (Å²) in [5.74, 6) is 0.904. The predicted molar refractivity (Wildman–Crippen MR) is 152 cm³/mol. The summed E-state index contributed by atoms with van der Waals surface area (Å²) >= 11 is 0. The van der Waals surface area contributed by atoms with E-state index in [4.69, 9.17) is 4.74 Å². The van der Waals surface area contributed by atoms with Crippen LogP contribution >= 0.6 is 0 Å². The zero-order valence-corrected chi connectivity index (χ0v) is 23.2. The minimum atomic E-state index is -0.539. The van der Waals surface area contributed by atoms with E-state index in [1.54, 1.807) is 35.3 Å². The second-order valence-electron chi connectivity index (χ2n) is 10.9. The molecule has 4 atom stereocenters. The number of hydrogen-bond acceptors (Lipinski definition) is 8. The Kier molecular flexibility index (Phi) is 7.60. The maximum absolute atomic E-state index is 13.9. The zero-order chi connectivity index (χ0) is 28.3. The molecule has 4 unspecified atom stereocenters. The molecule has 2 aromatic heterocycles. The Morgan fingerprint density at radius 3 is 2.71 bits per heavy atom. The van der Waals surface area contributed by atoms with E-state index in [1.807, 2.05) is 49.5 Å². The molecule has 4 aromatic rings. The summed E-state index contributed by atoms with van der Waals surface area (Å²) in [5, 5.41) is 14.7. The van der Waals surface area contributed by atoms with Crippen LogP contribution < -0.4 is 15.4 Å². The first-order chi connectivity index (χ1) is 20.0. The fourth-order valence-electron chi connectivity index (χ4n) is 6.03. The van der Waals surface area contributed by atoms with Crippen molar-refractivity contribution in [1.29, 1.82) is 0 Å². The molecule has 2 amide bonds. The minimum Gasteiger partial charge on any atom is -0.497 e. The molecule has 2 saturated heterocycles.